The SMILES string of the molecule is CCCS(=O)(=O)NCCCC1(N)CCCCC1. The van der Waals surface area contributed by atoms with Crippen LogP contribution in [0.3, 0.4) is 0 Å². The second-order valence-corrected chi connectivity index (χ2v) is 7.17. The molecule has 0 heterocycles. The van der Waals surface area contributed by atoms with Crippen LogP contribution in [0.15, 0.2) is 0 Å². The van der Waals surface area contributed by atoms with E-state index in [-0.39, 0.29) is 11.3 Å². The van der Waals surface area contributed by atoms with E-state index in [4.69, 9.17) is 5.73 Å². The molecule has 1 fully saturated rings. The molecule has 1 aliphatic rings. The predicted octanol–water partition coefficient (Wildman–Crippen LogP) is 1.76. The fourth-order valence-corrected chi connectivity index (χ4v) is 3.65. The lowest BCUT2D eigenvalue weighted by Gasteiger charge is -2.33. The van der Waals surface area contributed by atoms with Crippen molar-refractivity contribution in [3.63, 3.8) is 0 Å². The zero-order valence-corrected chi connectivity index (χ0v) is 11.7. The molecule has 0 aromatic carbocycles. The van der Waals surface area contributed by atoms with Crippen LogP contribution in [0.2, 0.25) is 0 Å². The summed E-state index contributed by atoms with van der Waals surface area (Å²) in [5, 5.41) is 0. The first-order chi connectivity index (χ1) is 7.97. The van der Waals surface area contributed by atoms with Gasteiger partial charge in [-0.05, 0) is 32.1 Å². The van der Waals surface area contributed by atoms with E-state index in [0.717, 1.165) is 25.7 Å². The van der Waals surface area contributed by atoms with Gasteiger partial charge in [0.05, 0.1) is 5.75 Å². The second-order valence-electron chi connectivity index (χ2n) is 5.24. The van der Waals surface area contributed by atoms with E-state index in [2.05, 4.69) is 4.72 Å². The molecular weight excluding hydrogens is 236 g/mol. The van der Waals surface area contributed by atoms with Gasteiger partial charge in [0, 0.05) is 12.1 Å². The largest absolute Gasteiger partial charge is 0.325 e. The number of sulfonamides is 1. The number of nitrogens with one attached hydrogen (secondary N) is 1. The Morgan fingerprint density at radius 1 is 1.24 bits per heavy atom. The van der Waals surface area contributed by atoms with Crippen molar-refractivity contribution in [3.05, 3.63) is 0 Å². The minimum absolute atomic E-state index is 0.0333. The van der Waals surface area contributed by atoms with Crippen molar-refractivity contribution >= 4 is 10.0 Å². The minimum Gasteiger partial charge on any atom is -0.325 e. The molecule has 0 aliphatic heterocycles. The van der Waals surface area contributed by atoms with Crippen LogP contribution in [0.5, 0.6) is 0 Å². The Kier molecular flexibility index (Phi) is 5.89. The maximum atomic E-state index is 11.4. The topological polar surface area (TPSA) is 72.2 Å². The first-order valence-electron chi connectivity index (χ1n) is 6.74. The quantitative estimate of drug-likeness (QED) is 0.687. The van der Waals surface area contributed by atoms with E-state index in [9.17, 15) is 8.42 Å². The zero-order chi connectivity index (χ0) is 12.8. The molecule has 1 rings (SSSR count). The summed E-state index contributed by atoms with van der Waals surface area (Å²) in [6.45, 7) is 2.40. The molecule has 0 amide bonds. The molecule has 4 nitrogen and oxygen atoms in total. The van der Waals surface area contributed by atoms with Crippen molar-refractivity contribution in [1.29, 1.82) is 0 Å². The van der Waals surface area contributed by atoms with Gasteiger partial charge in [0.1, 0.15) is 0 Å². The van der Waals surface area contributed by atoms with Gasteiger partial charge in [0.25, 0.3) is 0 Å². The Labute approximate surface area is 105 Å². The van der Waals surface area contributed by atoms with Gasteiger partial charge in [-0.2, -0.15) is 0 Å². The van der Waals surface area contributed by atoms with Crippen molar-refractivity contribution in [2.45, 2.75) is 63.8 Å². The molecule has 1 saturated carbocycles. The lowest BCUT2D eigenvalue weighted by molar-refractivity contribution is 0.273. The molecule has 0 bridgehead atoms. The first kappa shape index (κ1) is 14.9. The highest BCUT2D eigenvalue weighted by Crippen LogP contribution is 2.29. The summed E-state index contributed by atoms with van der Waals surface area (Å²) in [5.74, 6) is 0.223. The fourth-order valence-electron chi connectivity index (χ4n) is 2.51. The number of rotatable bonds is 7. The molecule has 3 N–H and O–H groups in total. The highest BCUT2D eigenvalue weighted by molar-refractivity contribution is 7.89. The van der Waals surface area contributed by atoms with Gasteiger partial charge in [-0.25, -0.2) is 13.1 Å². The van der Waals surface area contributed by atoms with Gasteiger partial charge in [-0.3, -0.25) is 0 Å². The van der Waals surface area contributed by atoms with Gasteiger partial charge in [-0.1, -0.05) is 26.2 Å². The summed E-state index contributed by atoms with van der Waals surface area (Å²) in [4.78, 5) is 0. The number of nitrogens with two attached hydrogens (primary N) is 1. The molecule has 0 aromatic rings. The predicted molar refractivity (Wildman–Crippen MR) is 71.3 cm³/mol. The molecule has 0 atom stereocenters. The molecule has 17 heavy (non-hydrogen) atoms. The van der Waals surface area contributed by atoms with E-state index in [0.29, 0.717) is 13.0 Å². The zero-order valence-electron chi connectivity index (χ0n) is 10.9. The highest BCUT2D eigenvalue weighted by atomic mass is 32.2. The van der Waals surface area contributed by atoms with Gasteiger partial charge >= 0.3 is 0 Å². The molecule has 1 aliphatic carbocycles. The monoisotopic (exact) mass is 262 g/mol. The maximum Gasteiger partial charge on any atom is 0.211 e. The molecule has 5 heteroatoms. The molecule has 0 radical (unpaired) electrons. The Balaban J connectivity index is 2.19. The third-order valence-electron chi connectivity index (χ3n) is 3.50. The van der Waals surface area contributed by atoms with Crippen LogP contribution >= 0.6 is 0 Å². The van der Waals surface area contributed by atoms with Crippen LogP contribution in [0.4, 0.5) is 0 Å². The molecule has 0 aromatic heterocycles. The first-order valence-corrected chi connectivity index (χ1v) is 8.39. The fraction of sp³-hybridized carbons (Fsp3) is 1.00. The molecular formula is C12H26N2O2S. The van der Waals surface area contributed by atoms with Crippen LogP contribution in [-0.2, 0) is 10.0 Å². The van der Waals surface area contributed by atoms with Crippen molar-refractivity contribution < 1.29 is 8.42 Å². The minimum atomic E-state index is -3.05. The molecule has 102 valence electrons. The van der Waals surface area contributed by atoms with Crippen LogP contribution in [-0.4, -0.2) is 26.3 Å². The van der Waals surface area contributed by atoms with Crippen LogP contribution < -0.4 is 10.5 Å². The van der Waals surface area contributed by atoms with Crippen molar-refractivity contribution in [2.75, 3.05) is 12.3 Å². The smallest absolute Gasteiger partial charge is 0.211 e. The van der Waals surface area contributed by atoms with Crippen molar-refractivity contribution in [1.82, 2.24) is 4.72 Å². The Morgan fingerprint density at radius 3 is 2.47 bits per heavy atom. The van der Waals surface area contributed by atoms with Gasteiger partial charge in [-0.15, -0.1) is 0 Å². The second kappa shape index (κ2) is 6.71. The third kappa shape index (κ3) is 5.84. The third-order valence-corrected chi connectivity index (χ3v) is 5.09. The molecule has 0 unspecified atom stereocenters. The summed E-state index contributed by atoms with van der Waals surface area (Å²) in [6, 6.07) is 0. The van der Waals surface area contributed by atoms with E-state index < -0.39 is 10.0 Å². The average Bonchev–Trinajstić information content (AvgIpc) is 2.26. The lowest BCUT2D eigenvalue weighted by atomic mass is 9.79. The summed E-state index contributed by atoms with van der Waals surface area (Å²) in [7, 11) is -3.05. The van der Waals surface area contributed by atoms with Crippen LogP contribution in [0.1, 0.15) is 58.3 Å². The summed E-state index contributed by atoms with van der Waals surface area (Å²) in [6.07, 6.45) is 8.36. The van der Waals surface area contributed by atoms with E-state index in [1.54, 1.807) is 0 Å². The standard InChI is InChI=1S/C12H26N2O2S/c1-2-11-17(15,16)14-10-6-9-12(13)7-4-3-5-8-12/h14H,2-11,13H2,1H3. The van der Waals surface area contributed by atoms with E-state index >= 15 is 0 Å². The highest BCUT2D eigenvalue weighted by Gasteiger charge is 2.26. The average molecular weight is 262 g/mol. The van der Waals surface area contributed by atoms with Gasteiger partial charge < -0.3 is 5.73 Å². The summed E-state index contributed by atoms with van der Waals surface area (Å²) < 4.78 is 25.5. The van der Waals surface area contributed by atoms with Gasteiger partial charge in [0.15, 0.2) is 0 Å². The lowest BCUT2D eigenvalue weighted by Crippen LogP contribution is -2.42. The Hall–Kier alpha value is -0.130. The number of hydrogen-bond donors (Lipinski definition) is 2. The maximum absolute atomic E-state index is 11.4. The Bertz CT molecular complexity index is 308. The van der Waals surface area contributed by atoms with Crippen LogP contribution in [0.25, 0.3) is 0 Å². The Morgan fingerprint density at radius 2 is 1.88 bits per heavy atom. The number of hydrogen-bond acceptors (Lipinski definition) is 3. The van der Waals surface area contributed by atoms with Crippen molar-refractivity contribution in [3.8, 4) is 0 Å². The van der Waals surface area contributed by atoms with E-state index in [1.165, 1.54) is 19.3 Å². The van der Waals surface area contributed by atoms with Crippen molar-refractivity contribution in [2.24, 2.45) is 5.73 Å². The normalized spacial score (nSPS) is 20.4. The molecule has 0 spiro atoms. The van der Waals surface area contributed by atoms with E-state index in [1.807, 2.05) is 6.92 Å². The van der Waals surface area contributed by atoms with Crippen LogP contribution in [0, 0.1) is 0 Å². The summed E-state index contributed by atoms with van der Waals surface area (Å²) >= 11 is 0. The van der Waals surface area contributed by atoms with Gasteiger partial charge in [0.2, 0.25) is 10.0 Å². The molecule has 0 saturated heterocycles. The summed E-state index contributed by atoms with van der Waals surface area (Å²) in [5.41, 5.74) is 6.26.